The number of aliphatic hydroxyl groups excluding tert-OH is 1. The van der Waals surface area contributed by atoms with Crippen LogP contribution in [0.2, 0.25) is 0 Å². The van der Waals surface area contributed by atoms with Crippen LogP contribution in [0.5, 0.6) is 0 Å². The first-order valence-corrected chi connectivity index (χ1v) is 6.94. The lowest BCUT2D eigenvalue weighted by Crippen LogP contribution is -2.33. The molecule has 1 amide bonds. The number of aromatic nitrogens is 2. The van der Waals surface area contributed by atoms with Crippen molar-refractivity contribution in [2.45, 2.75) is 38.9 Å². The molecule has 21 heavy (non-hydrogen) atoms. The summed E-state index contributed by atoms with van der Waals surface area (Å²) in [5.41, 5.74) is 0.850. The van der Waals surface area contributed by atoms with Crippen LogP contribution in [0.15, 0.2) is 30.6 Å². The van der Waals surface area contributed by atoms with E-state index in [-0.39, 0.29) is 0 Å². The average molecular weight is 291 g/mol. The van der Waals surface area contributed by atoms with Gasteiger partial charge in [0.2, 0.25) is 0 Å². The Kier molecular flexibility index (Phi) is 4.47. The highest BCUT2D eigenvalue weighted by atomic mass is 16.6. The standard InChI is InChI=1S/C15H21N3O3/c1-15(2,3)21-14(20)16-8-7-12(19)11-10-18-9-5-4-6-13(18)17-11/h4-6,9-10,12,19H,7-8H2,1-3H3,(H,16,20). The van der Waals surface area contributed by atoms with Crippen LogP contribution in [0, 0.1) is 0 Å². The molecule has 0 radical (unpaired) electrons. The molecular weight excluding hydrogens is 270 g/mol. The van der Waals surface area contributed by atoms with Gasteiger partial charge in [0.15, 0.2) is 0 Å². The zero-order valence-electron chi connectivity index (χ0n) is 12.5. The Morgan fingerprint density at radius 3 is 2.90 bits per heavy atom. The Hall–Kier alpha value is -2.08. The number of nitrogens with one attached hydrogen (secondary N) is 1. The molecule has 0 bridgehead atoms. The summed E-state index contributed by atoms with van der Waals surface area (Å²) in [6.07, 6.45) is 2.83. The minimum Gasteiger partial charge on any atom is -0.444 e. The number of carbonyl (C=O) groups is 1. The lowest BCUT2D eigenvalue weighted by Gasteiger charge is -2.19. The van der Waals surface area contributed by atoms with E-state index in [2.05, 4.69) is 10.3 Å². The van der Waals surface area contributed by atoms with E-state index >= 15 is 0 Å². The molecule has 0 aliphatic carbocycles. The van der Waals surface area contributed by atoms with E-state index < -0.39 is 17.8 Å². The predicted molar refractivity (Wildman–Crippen MR) is 79.0 cm³/mol. The van der Waals surface area contributed by atoms with Crippen molar-refractivity contribution in [3.8, 4) is 0 Å². The number of hydrogen-bond acceptors (Lipinski definition) is 4. The number of alkyl carbamates (subject to hydrolysis) is 1. The largest absolute Gasteiger partial charge is 0.444 e. The summed E-state index contributed by atoms with van der Waals surface area (Å²) < 4.78 is 6.97. The van der Waals surface area contributed by atoms with Gasteiger partial charge in [-0.15, -0.1) is 0 Å². The van der Waals surface area contributed by atoms with Crippen LogP contribution >= 0.6 is 0 Å². The second-order valence-electron chi connectivity index (χ2n) is 5.87. The van der Waals surface area contributed by atoms with Crippen LogP contribution in [-0.2, 0) is 4.74 Å². The normalized spacial score (nSPS) is 13.1. The maximum atomic E-state index is 11.5. The number of hydrogen-bond donors (Lipinski definition) is 2. The molecule has 0 saturated carbocycles. The third-order valence-electron chi connectivity index (χ3n) is 2.81. The molecule has 2 N–H and O–H groups in total. The van der Waals surface area contributed by atoms with Crippen molar-refractivity contribution in [2.75, 3.05) is 6.54 Å². The SMILES string of the molecule is CC(C)(C)OC(=O)NCCC(O)c1cn2ccccc2n1. The summed E-state index contributed by atoms with van der Waals surface area (Å²) >= 11 is 0. The number of ether oxygens (including phenoxy) is 1. The molecule has 6 heteroatoms. The summed E-state index contributed by atoms with van der Waals surface area (Å²) in [4.78, 5) is 15.8. The monoisotopic (exact) mass is 291 g/mol. The Morgan fingerprint density at radius 1 is 1.48 bits per heavy atom. The van der Waals surface area contributed by atoms with Gasteiger partial charge in [0.1, 0.15) is 11.2 Å². The fourth-order valence-electron chi connectivity index (χ4n) is 1.89. The Bertz CT molecular complexity index is 583. The van der Waals surface area contributed by atoms with Crippen molar-refractivity contribution in [3.63, 3.8) is 0 Å². The third-order valence-corrected chi connectivity index (χ3v) is 2.81. The fourth-order valence-corrected chi connectivity index (χ4v) is 1.89. The molecule has 0 aromatic carbocycles. The summed E-state index contributed by atoms with van der Waals surface area (Å²) in [6.45, 7) is 5.73. The summed E-state index contributed by atoms with van der Waals surface area (Å²) in [6, 6.07) is 5.66. The second-order valence-corrected chi connectivity index (χ2v) is 5.87. The number of imidazole rings is 1. The van der Waals surface area contributed by atoms with Crippen molar-refractivity contribution in [2.24, 2.45) is 0 Å². The molecule has 114 valence electrons. The number of carbonyl (C=O) groups excluding carboxylic acids is 1. The van der Waals surface area contributed by atoms with Gasteiger partial charge in [0.05, 0.1) is 11.8 Å². The molecule has 1 atom stereocenters. The first kappa shape index (κ1) is 15.3. The Balaban J connectivity index is 1.84. The average Bonchev–Trinajstić information content (AvgIpc) is 2.80. The van der Waals surface area contributed by atoms with Crippen LogP contribution in [0.4, 0.5) is 4.79 Å². The first-order chi connectivity index (χ1) is 9.85. The highest BCUT2D eigenvalue weighted by Crippen LogP contribution is 2.16. The zero-order chi connectivity index (χ0) is 15.5. The fraction of sp³-hybridized carbons (Fsp3) is 0.467. The zero-order valence-corrected chi connectivity index (χ0v) is 12.5. The maximum absolute atomic E-state index is 11.5. The van der Waals surface area contributed by atoms with E-state index in [1.807, 2.05) is 28.8 Å². The van der Waals surface area contributed by atoms with E-state index in [4.69, 9.17) is 4.74 Å². The number of rotatable bonds is 4. The van der Waals surface area contributed by atoms with Crippen LogP contribution < -0.4 is 5.32 Å². The number of nitrogens with zero attached hydrogens (tertiary/aromatic N) is 2. The van der Waals surface area contributed by atoms with Gasteiger partial charge >= 0.3 is 6.09 Å². The number of aliphatic hydroxyl groups is 1. The smallest absolute Gasteiger partial charge is 0.407 e. The molecule has 2 aromatic rings. The molecule has 0 spiro atoms. The van der Waals surface area contributed by atoms with Crippen molar-refractivity contribution in [1.29, 1.82) is 0 Å². The Morgan fingerprint density at radius 2 is 2.24 bits per heavy atom. The van der Waals surface area contributed by atoms with Gasteiger partial charge in [-0.3, -0.25) is 0 Å². The maximum Gasteiger partial charge on any atom is 0.407 e. The quantitative estimate of drug-likeness (QED) is 0.906. The van der Waals surface area contributed by atoms with E-state index in [9.17, 15) is 9.90 Å². The van der Waals surface area contributed by atoms with E-state index in [0.717, 1.165) is 5.65 Å². The number of fused-ring (bicyclic) bond motifs is 1. The van der Waals surface area contributed by atoms with Crippen LogP contribution in [0.3, 0.4) is 0 Å². The van der Waals surface area contributed by atoms with Crippen LogP contribution in [-0.4, -0.2) is 32.7 Å². The van der Waals surface area contributed by atoms with E-state index in [1.165, 1.54) is 0 Å². The molecule has 2 aromatic heterocycles. The lowest BCUT2D eigenvalue weighted by molar-refractivity contribution is 0.0518. The van der Waals surface area contributed by atoms with E-state index in [0.29, 0.717) is 18.7 Å². The van der Waals surface area contributed by atoms with Crippen LogP contribution in [0.1, 0.15) is 39.0 Å². The highest BCUT2D eigenvalue weighted by molar-refractivity contribution is 5.67. The number of pyridine rings is 1. The van der Waals surface area contributed by atoms with Gasteiger partial charge < -0.3 is 19.6 Å². The van der Waals surface area contributed by atoms with E-state index in [1.54, 1.807) is 27.0 Å². The molecule has 2 rings (SSSR count). The van der Waals surface area contributed by atoms with Crippen molar-refractivity contribution in [3.05, 3.63) is 36.3 Å². The highest BCUT2D eigenvalue weighted by Gasteiger charge is 2.17. The van der Waals surface area contributed by atoms with Gasteiger partial charge in [-0.05, 0) is 39.3 Å². The molecule has 6 nitrogen and oxygen atoms in total. The topological polar surface area (TPSA) is 75.9 Å². The van der Waals surface area contributed by atoms with Gasteiger partial charge in [-0.1, -0.05) is 6.07 Å². The predicted octanol–water partition coefficient (Wildman–Crippen LogP) is 2.28. The second kappa shape index (κ2) is 6.13. The van der Waals surface area contributed by atoms with Crippen molar-refractivity contribution in [1.82, 2.24) is 14.7 Å². The van der Waals surface area contributed by atoms with Crippen molar-refractivity contribution < 1.29 is 14.6 Å². The van der Waals surface area contributed by atoms with Gasteiger partial charge in [0.25, 0.3) is 0 Å². The Labute approximate surface area is 123 Å². The summed E-state index contributed by atoms with van der Waals surface area (Å²) in [5.74, 6) is 0. The molecule has 0 fully saturated rings. The van der Waals surface area contributed by atoms with Crippen molar-refractivity contribution >= 4 is 11.7 Å². The molecule has 0 aliphatic heterocycles. The first-order valence-electron chi connectivity index (χ1n) is 6.94. The molecule has 1 unspecified atom stereocenters. The summed E-state index contributed by atoms with van der Waals surface area (Å²) in [5, 5.41) is 12.7. The minimum absolute atomic E-state index is 0.323. The third kappa shape index (κ3) is 4.46. The van der Waals surface area contributed by atoms with Gasteiger partial charge in [-0.2, -0.15) is 0 Å². The van der Waals surface area contributed by atoms with Gasteiger partial charge in [-0.25, -0.2) is 9.78 Å². The molecule has 0 aliphatic rings. The molecular formula is C15H21N3O3. The number of amides is 1. The minimum atomic E-state index is -0.722. The van der Waals surface area contributed by atoms with Gasteiger partial charge in [0, 0.05) is 18.9 Å². The van der Waals surface area contributed by atoms with Crippen LogP contribution in [0.25, 0.3) is 5.65 Å². The lowest BCUT2D eigenvalue weighted by atomic mass is 10.2. The molecule has 2 heterocycles. The molecule has 0 saturated heterocycles. The summed E-state index contributed by atoms with van der Waals surface area (Å²) in [7, 11) is 0.